The van der Waals surface area contributed by atoms with E-state index in [0.29, 0.717) is 6.04 Å². The fourth-order valence-corrected chi connectivity index (χ4v) is 3.10. The number of unbranched alkanes of at least 4 members (excludes halogenated alkanes) is 1. The van der Waals surface area contributed by atoms with Gasteiger partial charge in [0.25, 0.3) is 0 Å². The topological polar surface area (TPSA) is 58.4 Å². The van der Waals surface area contributed by atoms with Gasteiger partial charge in [-0.2, -0.15) is 0 Å². The summed E-state index contributed by atoms with van der Waals surface area (Å²) in [5, 5.41) is 3.04. The number of fused-ring (bicyclic) bond motifs is 1. The molecule has 1 aliphatic rings. The molecule has 1 aliphatic heterocycles. The van der Waals surface area contributed by atoms with E-state index in [0.717, 1.165) is 32.2 Å². The number of anilines is 1. The molecule has 4 nitrogen and oxygen atoms in total. The first-order chi connectivity index (χ1) is 9.98. The molecule has 0 bridgehead atoms. The number of carbonyl (C=O) groups excluding carboxylic acids is 1. The van der Waals surface area contributed by atoms with Gasteiger partial charge in [-0.05, 0) is 58.2 Å². The summed E-state index contributed by atoms with van der Waals surface area (Å²) in [6, 6.07) is 9.21. The van der Waals surface area contributed by atoms with Crippen LogP contribution >= 0.6 is 0 Å². The van der Waals surface area contributed by atoms with E-state index in [4.69, 9.17) is 5.73 Å². The molecule has 116 valence electrons. The molecule has 0 spiro atoms. The van der Waals surface area contributed by atoms with E-state index in [1.54, 1.807) is 7.05 Å². The van der Waals surface area contributed by atoms with Crippen molar-refractivity contribution < 1.29 is 4.79 Å². The van der Waals surface area contributed by atoms with Gasteiger partial charge in [0.15, 0.2) is 0 Å². The van der Waals surface area contributed by atoms with Crippen LogP contribution in [0.15, 0.2) is 24.3 Å². The molecule has 2 rings (SSSR count). The van der Waals surface area contributed by atoms with Crippen LogP contribution in [0.2, 0.25) is 0 Å². The van der Waals surface area contributed by atoms with Gasteiger partial charge in [-0.25, -0.2) is 0 Å². The van der Waals surface area contributed by atoms with Crippen LogP contribution in [0.25, 0.3) is 0 Å². The standard InChI is InChI=1S/C17H27N3O/c1-13-12-14-8-4-5-9-15(14)20(13)11-7-6-10-17(2,19-3)16(18)21/h4-5,8-9,13,19H,6-7,10-12H2,1-3H3,(H2,18,21). The number of hydrogen-bond donors (Lipinski definition) is 2. The minimum atomic E-state index is -0.589. The van der Waals surface area contributed by atoms with E-state index in [2.05, 4.69) is 41.4 Å². The lowest BCUT2D eigenvalue weighted by atomic mass is 9.94. The molecule has 0 fully saturated rings. The number of nitrogens with one attached hydrogen (secondary N) is 1. The van der Waals surface area contributed by atoms with Crippen LogP contribution < -0.4 is 16.0 Å². The number of nitrogens with zero attached hydrogens (tertiary/aromatic N) is 1. The molecular formula is C17H27N3O. The summed E-state index contributed by atoms with van der Waals surface area (Å²) < 4.78 is 0. The Balaban J connectivity index is 1.86. The number of benzene rings is 1. The lowest BCUT2D eigenvalue weighted by Gasteiger charge is -2.27. The van der Waals surface area contributed by atoms with E-state index in [9.17, 15) is 4.79 Å². The van der Waals surface area contributed by atoms with Crippen LogP contribution in [-0.4, -0.2) is 31.1 Å². The van der Waals surface area contributed by atoms with Crippen molar-refractivity contribution in [1.82, 2.24) is 5.32 Å². The van der Waals surface area contributed by atoms with Crippen LogP contribution in [0, 0.1) is 0 Å². The van der Waals surface area contributed by atoms with E-state index < -0.39 is 5.54 Å². The molecule has 21 heavy (non-hydrogen) atoms. The Bertz CT molecular complexity index is 503. The Hall–Kier alpha value is -1.55. The van der Waals surface area contributed by atoms with Crippen molar-refractivity contribution in [2.75, 3.05) is 18.5 Å². The molecule has 0 saturated heterocycles. The summed E-state index contributed by atoms with van der Waals surface area (Å²) in [5.41, 5.74) is 7.69. The van der Waals surface area contributed by atoms with Crippen LogP contribution in [-0.2, 0) is 11.2 Å². The summed E-state index contributed by atoms with van der Waals surface area (Å²) >= 11 is 0. The van der Waals surface area contributed by atoms with Crippen molar-refractivity contribution in [3.05, 3.63) is 29.8 Å². The molecule has 0 saturated carbocycles. The zero-order valence-corrected chi connectivity index (χ0v) is 13.4. The molecule has 1 aromatic carbocycles. The highest BCUT2D eigenvalue weighted by Gasteiger charge is 2.29. The Labute approximate surface area is 127 Å². The van der Waals surface area contributed by atoms with Crippen molar-refractivity contribution >= 4 is 11.6 Å². The quantitative estimate of drug-likeness (QED) is 0.756. The monoisotopic (exact) mass is 289 g/mol. The molecule has 1 heterocycles. The molecule has 2 unspecified atom stereocenters. The SMILES string of the molecule is CNC(C)(CCCCN1c2ccccc2CC1C)C(N)=O. The Morgan fingerprint density at radius 1 is 1.43 bits per heavy atom. The number of para-hydroxylation sites is 1. The number of hydrogen-bond acceptors (Lipinski definition) is 3. The third kappa shape index (κ3) is 3.38. The second kappa shape index (κ2) is 6.48. The predicted molar refractivity (Wildman–Crippen MR) is 87.5 cm³/mol. The Morgan fingerprint density at radius 2 is 2.14 bits per heavy atom. The van der Waals surface area contributed by atoms with Gasteiger partial charge >= 0.3 is 0 Å². The minimum absolute atomic E-state index is 0.273. The van der Waals surface area contributed by atoms with E-state index in [1.807, 2.05) is 6.92 Å². The number of nitrogens with two attached hydrogens (primary N) is 1. The van der Waals surface area contributed by atoms with E-state index in [-0.39, 0.29) is 5.91 Å². The lowest BCUT2D eigenvalue weighted by Crippen LogP contribution is -2.51. The van der Waals surface area contributed by atoms with Gasteiger partial charge in [-0.1, -0.05) is 18.2 Å². The van der Waals surface area contributed by atoms with E-state index >= 15 is 0 Å². The first kappa shape index (κ1) is 15.8. The van der Waals surface area contributed by atoms with Crippen molar-refractivity contribution in [3.63, 3.8) is 0 Å². The fourth-order valence-electron chi connectivity index (χ4n) is 3.10. The number of rotatable bonds is 7. The number of amides is 1. The Kier molecular flexibility index (Phi) is 4.88. The highest BCUT2D eigenvalue weighted by Crippen LogP contribution is 2.32. The van der Waals surface area contributed by atoms with Crippen molar-refractivity contribution in [3.8, 4) is 0 Å². The summed E-state index contributed by atoms with van der Waals surface area (Å²) in [4.78, 5) is 14.0. The van der Waals surface area contributed by atoms with Gasteiger partial charge in [0.05, 0.1) is 5.54 Å². The smallest absolute Gasteiger partial charge is 0.237 e. The molecule has 0 aliphatic carbocycles. The van der Waals surface area contributed by atoms with Gasteiger partial charge in [-0.3, -0.25) is 4.79 Å². The minimum Gasteiger partial charge on any atom is -0.368 e. The normalized spacial score (nSPS) is 20.1. The second-order valence-corrected chi connectivity index (χ2v) is 6.28. The highest BCUT2D eigenvalue weighted by molar-refractivity contribution is 5.84. The lowest BCUT2D eigenvalue weighted by molar-refractivity contribution is -0.123. The molecule has 0 radical (unpaired) electrons. The summed E-state index contributed by atoms with van der Waals surface area (Å²) in [7, 11) is 1.80. The maximum absolute atomic E-state index is 11.5. The zero-order chi connectivity index (χ0) is 15.5. The van der Waals surface area contributed by atoms with Crippen molar-refractivity contribution in [2.24, 2.45) is 5.73 Å². The van der Waals surface area contributed by atoms with E-state index in [1.165, 1.54) is 11.3 Å². The Morgan fingerprint density at radius 3 is 2.81 bits per heavy atom. The maximum Gasteiger partial charge on any atom is 0.237 e. The van der Waals surface area contributed by atoms with Crippen LogP contribution in [0.1, 0.15) is 38.7 Å². The molecular weight excluding hydrogens is 262 g/mol. The maximum atomic E-state index is 11.5. The van der Waals surface area contributed by atoms with Crippen LogP contribution in [0.5, 0.6) is 0 Å². The number of likely N-dealkylation sites (N-methyl/N-ethyl adjacent to an activating group) is 1. The van der Waals surface area contributed by atoms with Gasteiger partial charge < -0.3 is 16.0 Å². The molecule has 1 amide bonds. The highest BCUT2D eigenvalue weighted by atomic mass is 16.1. The first-order valence-corrected chi connectivity index (χ1v) is 7.81. The van der Waals surface area contributed by atoms with Gasteiger partial charge in [0.1, 0.15) is 0 Å². The molecule has 4 heteroatoms. The molecule has 2 atom stereocenters. The number of carbonyl (C=O) groups is 1. The predicted octanol–water partition coefficient (Wildman–Crippen LogP) is 2.07. The van der Waals surface area contributed by atoms with Crippen LogP contribution in [0.3, 0.4) is 0 Å². The fraction of sp³-hybridized carbons (Fsp3) is 0.588. The third-order valence-corrected chi connectivity index (χ3v) is 4.77. The van der Waals surface area contributed by atoms with Gasteiger partial charge in [-0.15, -0.1) is 0 Å². The number of primary amides is 1. The molecule has 0 aromatic heterocycles. The molecule has 1 aromatic rings. The average molecular weight is 289 g/mol. The van der Waals surface area contributed by atoms with Crippen LogP contribution in [0.4, 0.5) is 5.69 Å². The van der Waals surface area contributed by atoms with Gasteiger partial charge in [0, 0.05) is 18.3 Å². The zero-order valence-electron chi connectivity index (χ0n) is 13.4. The summed E-state index contributed by atoms with van der Waals surface area (Å²) in [6.07, 6.45) is 3.98. The third-order valence-electron chi connectivity index (χ3n) is 4.77. The second-order valence-electron chi connectivity index (χ2n) is 6.28. The average Bonchev–Trinajstić information content (AvgIpc) is 2.79. The largest absolute Gasteiger partial charge is 0.368 e. The summed E-state index contributed by atoms with van der Waals surface area (Å²) in [5.74, 6) is -0.273. The van der Waals surface area contributed by atoms with Gasteiger partial charge in [0.2, 0.25) is 5.91 Å². The first-order valence-electron chi connectivity index (χ1n) is 7.81. The van der Waals surface area contributed by atoms with Crippen molar-refractivity contribution in [1.29, 1.82) is 0 Å². The van der Waals surface area contributed by atoms with Crippen molar-refractivity contribution in [2.45, 2.75) is 51.1 Å². The molecule has 3 N–H and O–H groups in total. The summed E-state index contributed by atoms with van der Waals surface area (Å²) in [6.45, 7) is 5.20.